The van der Waals surface area contributed by atoms with Crippen molar-refractivity contribution in [3.05, 3.63) is 84.3 Å². The van der Waals surface area contributed by atoms with E-state index in [0.717, 1.165) is 5.56 Å². The second-order valence-corrected chi connectivity index (χ2v) is 20.4. The van der Waals surface area contributed by atoms with Crippen LogP contribution >= 0.6 is 18.6 Å². The molecule has 1 heterocycles. The van der Waals surface area contributed by atoms with Gasteiger partial charge in [0, 0.05) is 30.6 Å². The molecule has 2 aromatic carbocycles. The van der Waals surface area contributed by atoms with Crippen LogP contribution in [0.5, 0.6) is 5.75 Å². The average molecular weight is 648 g/mol. The van der Waals surface area contributed by atoms with Gasteiger partial charge in [0.15, 0.2) is 0 Å². The van der Waals surface area contributed by atoms with Crippen molar-refractivity contribution in [1.82, 2.24) is 0 Å². The van der Waals surface area contributed by atoms with E-state index in [1.165, 1.54) is 46.9 Å². The topological polar surface area (TPSA) is 23.5 Å². The number of hydrogen-bond acceptors (Lipinski definition) is 2. The van der Waals surface area contributed by atoms with E-state index in [1.54, 1.807) is 5.56 Å². The van der Waals surface area contributed by atoms with E-state index < -0.39 is 25.1 Å². The first-order chi connectivity index (χ1) is 19.0. The molecule has 1 aliphatic heterocycles. The average Bonchev–Trinajstić information content (AvgIpc) is 3.38. The van der Waals surface area contributed by atoms with Gasteiger partial charge in [0.2, 0.25) is 0 Å². The second-order valence-electron chi connectivity index (χ2n) is 13.3. The van der Waals surface area contributed by atoms with Gasteiger partial charge in [0.1, 0.15) is 5.75 Å². The Labute approximate surface area is 268 Å². The molecule has 224 valence electrons. The summed E-state index contributed by atoms with van der Waals surface area (Å²) in [5.41, 5.74) is 7.24. The van der Waals surface area contributed by atoms with Crippen LogP contribution < -0.4 is 10.1 Å². The Balaban J connectivity index is 0.00000111. The van der Waals surface area contributed by atoms with Gasteiger partial charge in [-0.3, -0.25) is 0 Å². The number of fused-ring (bicyclic) bond motifs is 5. The Morgan fingerprint density at radius 3 is 2.07 bits per heavy atom. The van der Waals surface area contributed by atoms with Gasteiger partial charge in [0.25, 0.3) is 0 Å². The normalized spacial score (nSPS) is 24.1. The molecule has 5 unspecified atom stereocenters. The van der Waals surface area contributed by atoms with Gasteiger partial charge >= 0.3 is 35.6 Å². The van der Waals surface area contributed by atoms with Gasteiger partial charge in [-0.25, -0.2) is 0 Å². The Bertz CT molecular complexity index is 1260. The Morgan fingerprint density at radius 1 is 0.927 bits per heavy atom. The monoisotopic (exact) mass is 646 g/mol. The van der Waals surface area contributed by atoms with Crippen LogP contribution in [-0.4, -0.2) is 26.3 Å². The fourth-order valence-corrected chi connectivity index (χ4v) is 15.4. The first-order valence-electron chi connectivity index (χ1n) is 15.0. The molecule has 5 atom stereocenters. The maximum absolute atomic E-state index is 12.1. The van der Waals surface area contributed by atoms with E-state index in [4.69, 9.17) is 18.6 Å². The zero-order chi connectivity index (χ0) is 29.4. The van der Waals surface area contributed by atoms with E-state index >= 15 is 0 Å². The number of likely N-dealkylation sites (N-methyl/N-ethyl adjacent to an activating group) is 1. The third-order valence-electron chi connectivity index (χ3n) is 9.78. The van der Waals surface area contributed by atoms with Crippen LogP contribution in [0.2, 0.25) is 17.6 Å². The number of aromatic hydroxyl groups is 1. The fourth-order valence-electron chi connectivity index (χ4n) is 8.57. The molecule has 2 nitrogen and oxygen atoms in total. The number of phenolic OH excluding ortho intramolecular Hbond substituents is 1. The van der Waals surface area contributed by atoms with Crippen LogP contribution in [0, 0.1) is 33.1 Å². The summed E-state index contributed by atoms with van der Waals surface area (Å²) in [5.74, 6) is 2.16. The number of allylic oxidation sites excluding steroid dienone is 3. The van der Waals surface area contributed by atoms with Crippen molar-refractivity contribution in [3.63, 3.8) is 0 Å². The van der Waals surface area contributed by atoms with E-state index in [2.05, 4.69) is 115 Å². The van der Waals surface area contributed by atoms with Gasteiger partial charge in [-0.2, -0.15) is 0 Å². The molecular weight excluding hydrogens is 597 g/mol. The van der Waals surface area contributed by atoms with Crippen LogP contribution in [0.1, 0.15) is 75.6 Å². The summed E-state index contributed by atoms with van der Waals surface area (Å²) in [6, 6.07) is 14.7. The molecule has 3 aliphatic rings. The molecule has 2 aliphatic carbocycles. The van der Waals surface area contributed by atoms with E-state index in [1.807, 2.05) is 0 Å². The second kappa shape index (κ2) is 13.8. The van der Waals surface area contributed by atoms with Gasteiger partial charge in [0.05, 0.1) is 8.07 Å². The first kappa shape index (κ1) is 34.5. The number of hydrogen-bond donors (Lipinski definition) is 1. The molecule has 1 saturated carbocycles. The standard InChI is InChI=1S/C34H47NOSi.CH3.2ClH.Ti/c1-9-17-37(18-10-2,29-21-23(4)20-27(32(29)36)34(5,6)7)33-25-14-12-11-13-24(25)31-30(33)26-19-22(3)15-16-28(26)35(31)8;;;;/h11-16,19-21,24-25,30-31,33,36H,9-10,17-18H2,1-8H3;1H3;2*1H;/q;-1;;;+2/p-2. The predicted molar refractivity (Wildman–Crippen MR) is 180 cm³/mol. The molecule has 6 heteroatoms. The number of rotatable bonds is 6. The zero-order valence-corrected chi connectivity index (χ0v) is 30.6. The van der Waals surface area contributed by atoms with Crippen molar-refractivity contribution in [1.29, 1.82) is 0 Å². The number of phenols is 1. The molecule has 1 fully saturated rings. The summed E-state index contributed by atoms with van der Waals surface area (Å²) in [6.45, 7) is 16.0. The SMILES string of the molecule is CCC[Si](CCC)(c1cc(C)cc(C(C)(C)C)c1O)C1C2C=CC=CC2C2C1c1cc(C)ccc1N2C.[CH3-].[Cl][Ti][Cl]. The van der Waals surface area contributed by atoms with Gasteiger partial charge in [-0.05, 0) is 53.1 Å². The predicted octanol–water partition coefficient (Wildman–Crippen LogP) is 9.95. The fraction of sp³-hybridized carbons (Fsp3) is 0.514. The third-order valence-corrected chi connectivity index (χ3v) is 16.0. The van der Waals surface area contributed by atoms with E-state index in [9.17, 15) is 5.11 Å². The van der Waals surface area contributed by atoms with Crippen molar-refractivity contribution in [2.45, 2.75) is 96.3 Å². The number of benzene rings is 2. The zero-order valence-electron chi connectivity index (χ0n) is 26.6. The molecule has 0 aromatic heterocycles. The molecule has 0 amide bonds. The molecule has 0 saturated heterocycles. The first-order valence-corrected chi connectivity index (χ1v) is 21.7. The minimum absolute atomic E-state index is 0. The molecule has 5 rings (SSSR count). The Morgan fingerprint density at radius 2 is 1.51 bits per heavy atom. The van der Waals surface area contributed by atoms with Crippen LogP contribution in [0.3, 0.4) is 0 Å². The molecule has 2 aromatic rings. The Kier molecular flexibility index (Phi) is 11.6. The number of nitrogens with zero attached hydrogens (tertiary/aromatic N) is 1. The number of halogens is 2. The van der Waals surface area contributed by atoms with Gasteiger partial charge in [-0.1, -0.05) is 119 Å². The molecule has 0 spiro atoms. The van der Waals surface area contributed by atoms with Crippen molar-refractivity contribution in [2.24, 2.45) is 11.8 Å². The number of anilines is 1. The van der Waals surface area contributed by atoms with Crippen LogP contribution in [-0.2, 0) is 22.4 Å². The molecular formula is C35H50Cl2NOSiTi-. The third kappa shape index (κ3) is 6.18. The molecule has 1 N–H and O–H groups in total. The van der Waals surface area contributed by atoms with Crippen molar-refractivity contribution in [2.75, 3.05) is 11.9 Å². The van der Waals surface area contributed by atoms with Crippen LogP contribution in [0.25, 0.3) is 0 Å². The summed E-state index contributed by atoms with van der Waals surface area (Å²) in [5, 5.41) is 13.5. The Hall–Kier alpha value is -0.969. The summed E-state index contributed by atoms with van der Waals surface area (Å²) in [4.78, 5) is 2.61. The van der Waals surface area contributed by atoms with E-state index in [0.29, 0.717) is 35.1 Å². The van der Waals surface area contributed by atoms with Crippen molar-refractivity contribution < 1.29 is 22.1 Å². The maximum atomic E-state index is 12.1. The minimum atomic E-state index is -2.20. The molecule has 0 radical (unpaired) electrons. The number of aryl methyl sites for hydroxylation is 2. The van der Waals surface area contributed by atoms with Crippen LogP contribution in [0.15, 0.2) is 54.6 Å². The van der Waals surface area contributed by atoms with Crippen molar-refractivity contribution in [3.8, 4) is 5.75 Å². The van der Waals surface area contributed by atoms with Gasteiger partial charge in [-0.15, -0.1) is 0 Å². The van der Waals surface area contributed by atoms with Crippen molar-refractivity contribution >= 4 is 37.6 Å². The summed E-state index contributed by atoms with van der Waals surface area (Å²) >= 11 is -0.556. The summed E-state index contributed by atoms with van der Waals surface area (Å²) < 4.78 is 0. The summed E-state index contributed by atoms with van der Waals surface area (Å²) in [6.07, 6.45) is 12.0. The molecule has 41 heavy (non-hydrogen) atoms. The quantitative estimate of drug-likeness (QED) is 0.249. The summed E-state index contributed by atoms with van der Waals surface area (Å²) in [7, 11) is 9.91. The van der Waals surface area contributed by atoms with E-state index in [-0.39, 0.29) is 12.8 Å². The molecule has 0 bridgehead atoms. The van der Waals surface area contributed by atoms with Crippen LogP contribution in [0.4, 0.5) is 5.69 Å². The van der Waals surface area contributed by atoms with Gasteiger partial charge < -0.3 is 17.4 Å².